The van der Waals surface area contributed by atoms with Crippen LogP contribution in [0.15, 0.2) is 24.3 Å². The van der Waals surface area contributed by atoms with Crippen LogP contribution in [-0.4, -0.2) is 41.0 Å². The van der Waals surface area contributed by atoms with Crippen molar-refractivity contribution in [3.8, 4) is 5.75 Å². The summed E-state index contributed by atoms with van der Waals surface area (Å²) in [6.45, 7) is 3.48. The summed E-state index contributed by atoms with van der Waals surface area (Å²) in [5.74, 6) is 0.315. The van der Waals surface area contributed by atoms with Crippen LogP contribution in [0.3, 0.4) is 0 Å². The normalized spacial score (nSPS) is 16.0. The monoisotopic (exact) mass is 290 g/mol. The molecule has 2 N–H and O–H groups in total. The van der Waals surface area contributed by atoms with Crippen molar-refractivity contribution in [2.45, 2.75) is 38.6 Å². The average molecular weight is 290 g/mol. The Morgan fingerprint density at radius 1 is 1.48 bits per heavy atom. The van der Waals surface area contributed by atoms with Crippen molar-refractivity contribution in [3.05, 3.63) is 29.8 Å². The summed E-state index contributed by atoms with van der Waals surface area (Å²) in [5, 5.41) is 12.3. The number of carbonyl (C=O) groups is 2. The van der Waals surface area contributed by atoms with Gasteiger partial charge in [0.15, 0.2) is 0 Å². The number of likely N-dealkylation sites (tertiary alicyclic amines) is 1. The molecule has 0 aliphatic carbocycles. The highest BCUT2D eigenvalue weighted by Gasteiger charge is 2.20. The molecule has 5 nitrogen and oxygen atoms in total. The number of aromatic hydroxyl groups is 1. The van der Waals surface area contributed by atoms with Crippen LogP contribution in [0.25, 0.3) is 0 Å². The van der Waals surface area contributed by atoms with E-state index >= 15 is 0 Å². The number of hydrogen-bond acceptors (Lipinski definition) is 3. The van der Waals surface area contributed by atoms with Crippen molar-refractivity contribution in [2.75, 3.05) is 13.1 Å². The van der Waals surface area contributed by atoms with E-state index in [4.69, 9.17) is 0 Å². The van der Waals surface area contributed by atoms with Crippen molar-refractivity contribution in [2.24, 2.45) is 0 Å². The molecule has 1 aromatic carbocycles. The molecule has 2 amide bonds. The maximum atomic E-state index is 11.9. The molecule has 5 heteroatoms. The molecular formula is C16H22N2O3. The molecule has 1 atom stereocenters. The van der Waals surface area contributed by atoms with Gasteiger partial charge in [0.1, 0.15) is 5.75 Å². The molecule has 1 fully saturated rings. The number of benzene rings is 1. The fourth-order valence-corrected chi connectivity index (χ4v) is 2.54. The molecule has 0 unspecified atom stereocenters. The lowest BCUT2D eigenvalue weighted by Gasteiger charge is -2.19. The molecule has 114 valence electrons. The molecule has 1 heterocycles. The zero-order valence-corrected chi connectivity index (χ0v) is 12.3. The van der Waals surface area contributed by atoms with Crippen LogP contribution in [-0.2, 0) is 16.0 Å². The van der Waals surface area contributed by atoms with Gasteiger partial charge in [0.25, 0.3) is 0 Å². The first-order valence-corrected chi connectivity index (χ1v) is 7.39. The highest BCUT2D eigenvalue weighted by atomic mass is 16.3. The van der Waals surface area contributed by atoms with Crippen molar-refractivity contribution >= 4 is 11.8 Å². The van der Waals surface area contributed by atoms with E-state index < -0.39 is 0 Å². The summed E-state index contributed by atoms with van der Waals surface area (Å²) in [4.78, 5) is 25.3. The Bertz CT molecular complexity index is 516. The summed E-state index contributed by atoms with van der Waals surface area (Å²) in [6.07, 6.45) is 2.61. The van der Waals surface area contributed by atoms with E-state index in [2.05, 4.69) is 5.32 Å². The minimum absolute atomic E-state index is 0.0307. The third-order valence-corrected chi connectivity index (χ3v) is 3.69. The minimum Gasteiger partial charge on any atom is -0.508 e. The van der Waals surface area contributed by atoms with Gasteiger partial charge >= 0.3 is 0 Å². The summed E-state index contributed by atoms with van der Waals surface area (Å²) in [6, 6.07) is 6.74. The van der Waals surface area contributed by atoms with E-state index in [1.54, 1.807) is 18.2 Å². The number of phenols is 1. The summed E-state index contributed by atoms with van der Waals surface area (Å²) >= 11 is 0. The largest absolute Gasteiger partial charge is 0.508 e. The van der Waals surface area contributed by atoms with Crippen molar-refractivity contribution in [3.63, 3.8) is 0 Å². The van der Waals surface area contributed by atoms with Gasteiger partial charge in [0.2, 0.25) is 11.8 Å². The predicted octanol–water partition coefficient (Wildman–Crippen LogP) is 1.45. The van der Waals surface area contributed by atoms with Gasteiger partial charge in [-0.1, -0.05) is 12.1 Å². The predicted molar refractivity (Wildman–Crippen MR) is 79.8 cm³/mol. The van der Waals surface area contributed by atoms with Gasteiger partial charge in [-0.15, -0.1) is 0 Å². The SMILES string of the molecule is C[C@@H](CCN1CCCC1=O)NC(=O)Cc1cccc(O)c1. The highest BCUT2D eigenvalue weighted by molar-refractivity contribution is 5.79. The Balaban J connectivity index is 1.73. The van der Waals surface area contributed by atoms with E-state index in [0.717, 1.165) is 24.9 Å². The smallest absolute Gasteiger partial charge is 0.224 e. The molecule has 2 rings (SSSR count). The summed E-state index contributed by atoms with van der Waals surface area (Å²) in [7, 11) is 0. The molecule has 0 spiro atoms. The Kier molecular flexibility index (Phi) is 5.20. The molecule has 21 heavy (non-hydrogen) atoms. The maximum Gasteiger partial charge on any atom is 0.224 e. The number of hydrogen-bond donors (Lipinski definition) is 2. The fourth-order valence-electron chi connectivity index (χ4n) is 2.54. The van der Waals surface area contributed by atoms with Crippen LogP contribution in [0.5, 0.6) is 5.75 Å². The zero-order chi connectivity index (χ0) is 15.2. The molecule has 0 bridgehead atoms. The molecule has 0 saturated carbocycles. The van der Waals surface area contributed by atoms with Crippen LogP contribution in [0.2, 0.25) is 0 Å². The maximum absolute atomic E-state index is 11.9. The molecule has 1 saturated heterocycles. The van der Waals surface area contributed by atoms with E-state index in [0.29, 0.717) is 13.0 Å². The third kappa shape index (κ3) is 4.77. The number of amides is 2. The van der Waals surface area contributed by atoms with Gasteiger partial charge in [-0.05, 0) is 37.5 Å². The first-order chi connectivity index (χ1) is 10.0. The van der Waals surface area contributed by atoms with Crippen LogP contribution in [0, 0.1) is 0 Å². The number of carbonyl (C=O) groups excluding carboxylic acids is 2. The molecular weight excluding hydrogens is 268 g/mol. The lowest BCUT2D eigenvalue weighted by atomic mass is 10.1. The second kappa shape index (κ2) is 7.11. The van der Waals surface area contributed by atoms with E-state index in [1.165, 1.54) is 0 Å². The standard InChI is InChI=1S/C16H22N2O3/c1-12(7-9-18-8-3-6-16(18)21)17-15(20)11-13-4-2-5-14(19)10-13/h2,4-5,10,12,19H,3,6-9,11H2,1H3,(H,17,20)/t12-/m0/s1. The molecule has 0 radical (unpaired) electrons. The number of nitrogens with one attached hydrogen (secondary N) is 1. The minimum atomic E-state index is -0.0687. The first kappa shape index (κ1) is 15.4. The Morgan fingerprint density at radius 3 is 2.95 bits per heavy atom. The van der Waals surface area contributed by atoms with Gasteiger partial charge < -0.3 is 15.3 Å². The summed E-state index contributed by atoms with van der Waals surface area (Å²) < 4.78 is 0. The van der Waals surface area contributed by atoms with Gasteiger partial charge in [-0.25, -0.2) is 0 Å². The molecule has 1 aliphatic rings. The van der Waals surface area contributed by atoms with Gasteiger partial charge in [-0.2, -0.15) is 0 Å². The Labute approximate surface area is 125 Å². The molecule has 1 aliphatic heterocycles. The zero-order valence-electron chi connectivity index (χ0n) is 12.3. The Morgan fingerprint density at radius 2 is 2.29 bits per heavy atom. The van der Waals surface area contributed by atoms with Crippen LogP contribution < -0.4 is 5.32 Å². The van der Waals surface area contributed by atoms with E-state index in [9.17, 15) is 14.7 Å². The second-order valence-electron chi connectivity index (χ2n) is 5.59. The highest BCUT2D eigenvalue weighted by Crippen LogP contribution is 2.12. The van der Waals surface area contributed by atoms with E-state index in [1.807, 2.05) is 17.9 Å². The van der Waals surface area contributed by atoms with E-state index in [-0.39, 0.29) is 30.0 Å². The van der Waals surface area contributed by atoms with Crippen LogP contribution in [0.4, 0.5) is 0 Å². The van der Waals surface area contributed by atoms with Crippen molar-refractivity contribution < 1.29 is 14.7 Å². The fraction of sp³-hybridized carbons (Fsp3) is 0.500. The van der Waals surface area contributed by atoms with Crippen LogP contribution >= 0.6 is 0 Å². The lowest BCUT2D eigenvalue weighted by Crippen LogP contribution is -2.37. The first-order valence-electron chi connectivity index (χ1n) is 7.39. The van der Waals surface area contributed by atoms with Crippen molar-refractivity contribution in [1.82, 2.24) is 10.2 Å². The number of nitrogens with zero attached hydrogens (tertiary/aromatic N) is 1. The van der Waals surface area contributed by atoms with Crippen molar-refractivity contribution in [1.29, 1.82) is 0 Å². The quantitative estimate of drug-likeness (QED) is 0.833. The van der Waals surface area contributed by atoms with Crippen LogP contribution in [0.1, 0.15) is 31.7 Å². The Hall–Kier alpha value is -2.04. The lowest BCUT2D eigenvalue weighted by molar-refractivity contribution is -0.127. The number of rotatable bonds is 6. The average Bonchev–Trinajstić information content (AvgIpc) is 2.81. The number of phenolic OH excluding ortho intramolecular Hbond substituents is 1. The third-order valence-electron chi connectivity index (χ3n) is 3.69. The van der Waals surface area contributed by atoms with Gasteiger partial charge in [-0.3, -0.25) is 9.59 Å². The second-order valence-corrected chi connectivity index (χ2v) is 5.59. The summed E-state index contributed by atoms with van der Waals surface area (Å²) in [5.41, 5.74) is 0.787. The molecule has 1 aromatic rings. The van der Waals surface area contributed by atoms with Gasteiger partial charge in [0, 0.05) is 25.6 Å². The topological polar surface area (TPSA) is 69.6 Å². The van der Waals surface area contributed by atoms with Gasteiger partial charge in [0.05, 0.1) is 6.42 Å². The molecule has 0 aromatic heterocycles.